The Hall–Kier alpha value is -2.41. The lowest BCUT2D eigenvalue weighted by atomic mass is 10.3. The number of thioether (sulfide) groups is 1. The second kappa shape index (κ2) is 8.73. The summed E-state index contributed by atoms with van der Waals surface area (Å²) >= 11 is 1.87. The fraction of sp³-hybridized carbons (Fsp3) is 0.429. The molecule has 1 N–H and O–H groups in total. The molecular weight excluding hydrogens is 374 g/mol. The summed E-state index contributed by atoms with van der Waals surface area (Å²) in [5.74, 6) is 0.221. The van der Waals surface area contributed by atoms with Crippen LogP contribution in [0.25, 0.3) is 0 Å². The summed E-state index contributed by atoms with van der Waals surface area (Å²) in [6, 6.07) is 11.3. The molecule has 7 heteroatoms. The number of furan rings is 1. The molecule has 0 spiro atoms. The average Bonchev–Trinajstić information content (AvgIpc) is 3.43. The third-order valence-electron chi connectivity index (χ3n) is 5.31. The number of para-hydroxylation sites is 1. The molecule has 4 rings (SSSR count). The molecule has 28 heavy (non-hydrogen) atoms. The summed E-state index contributed by atoms with van der Waals surface area (Å²) in [6.07, 6.45) is 6.59. The van der Waals surface area contributed by atoms with E-state index in [1.54, 1.807) is 21.9 Å². The number of rotatable bonds is 4. The minimum Gasteiger partial charge on any atom is -0.459 e. The van der Waals surface area contributed by atoms with Gasteiger partial charge in [0.15, 0.2) is 5.76 Å². The zero-order chi connectivity index (χ0) is 19.3. The fourth-order valence-corrected chi connectivity index (χ4v) is 5.05. The number of hydrogen-bond acceptors (Lipinski definition) is 4. The van der Waals surface area contributed by atoms with Gasteiger partial charge in [0.25, 0.3) is 5.91 Å². The molecule has 2 aliphatic rings. The van der Waals surface area contributed by atoms with Crippen molar-refractivity contribution in [2.75, 3.05) is 31.5 Å². The Bertz CT molecular complexity index is 810. The molecule has 1 aromatic carbocycles. The highest BCUT2D eigenvalue weighted by molar-refractivity contribution is 8.00. The average molecular weight is 400 g/mol. The van der Waals surface area contributed by atoms with Crippen LogP contribution in [0.5, 0.6) is 0 Å². The predicted molar refractivity (Wildman–Crippen MR) is 110 cm³/mol. The van der Waals surface area contributed by atoms with Crippen LogP contribution in [0.3, 0.4) is 0 Å². The van der Waals surface area contributed by atoms with Crippen LogP contribution in [0, 0.1) is 0 Å². The summed E-state index contributed by atoms with van der Waals surface area (Å²) in [7, 11) is 0. The van der Waals surface area contributed by atoms with Crippen molar-refractivity contribution in [1.29, 1.82) is 0 Å². The molecule has 0 bridgehead atoms. The quantitative estimate of drug-likeness (QED) is 0.832. The van der Waals surface area contributed by atoms with Gasteiger partial charge >= 0.3 is 6.03 Å². The number of nitrogens with zero attached hydrogens (tertiary/aromatic N) is 2. The molecule has 0 atom stereocenters. The zero-order valence-electron chi connectivity index (χ0n) is 15.8. The van der Waals surface area contributed by atoms with E-state index in [0.717, 1.165) is 10.6 Å². The molecule has 2 aromatic rings. The number of carbonyl (C=O) groups is 2. The fourth-order valence-electron chi connectivity index (χ4n) is 3.72. The van der Waals surface area contributed by atoms with E-state index in [4.69, 9.17) is 4.42 Å². The highest BCUT2D eigenvalue weighted by Crippen LogP contribution is 2.38. The molecule has 1 saturated heterocycles. The van der Waals surface area contributed by atoms with Crippen LogP contribution in [0.4, 0.5) is 10.5 Å². The Morgan fingerprint density at radius 1 is 0.964 bits per heavy atom. The Balaban J connectivity index is 1.33. The van der Waals surface area contributed by atoms with Gasteiger partial charge < -0.3 is 19.5 Å². The Kier molecular flexibility index (Phi) is 5.90. The number of nitrogens with one attached hydrogen (secondary N) is 1. The third kappa shape index (κ3) is 4.35. The lowest BCUT2D eigenvalue weighted by molar-refractivity contribution is 0.0640. The predicted octanol–water partition coefficient (Wildman–Crippen LogP) is 4.30. The number of amides is 3. The van der Waals surface area contributed by atoms with Crippen LogP contribution in [-0.4, -0.2) is 53.2 Å². The van der Waals surface area contributed by atoms with E-state index >= 15 is 0 Å². The van der Waals surface area contributed by atoms with Crippen LogP contribution in [-0.2, 0) is 0 Å². The number of hydrogen-bond donors (Lipinski definition) is 1. The number of piperazine rings is 1. The molecule has 2 heterocycles. The van der Waals surface area contributed by atoms with Gasteiger partial charge in [0.2, 0.25) is 0 Å². The van der Waals surface area contributed by atoms with Gasteiger partial charge in [-0.25, -0.2) is 4.79 Å². The Morgan fingerprint density at radius 3 is 2.39 bits per heavy atom. The largest absolute Gasteiger partial charge is 0.459 e. The lowest BCUT2D eigenvalue weighted by Crippen LogP contribution is -2.51. The first-order valence-electron chi connectivity index (χ1n) is 9.85. The van der Waals surface area contributed by atoms with Crippen LogP contribution >= 0.6 is 11.8 Å². The SMILES string of the molecule is O=C(Nc1ccccc1SC1CCCC1)N1CCN(C(=O)c2ccco2)CC1. The maximum Gasteiger partial charge on any atom is 0.321 e. The molecule has 1 aliphatic heterocycles. The smallest absolute Gasteiger partial charge is 0.321 e. The number of anilines is 1. The highest BCUT2D eigenvalue weighted by Gasteiger charge is 2.26. The van der Waals surface area contributed by atoms with Gasteiger partial charge in [-0.2, -0.15) is 0 Å². The van der Waals surface area contributed by atoms with Gasteiger partial charge in [0, 0.05) is 36.3 Å². The maximum atomic E-state index is 12.7. The summed E-state index contributed by atoms with van der Waals surface area (Å²) < 4.78 is 5.18. The summed E-state index contributed by atoms with van der Waals surface area (Å²) in [6.45, 7) is 2.03. The molecule has 3 amide bonds. The summed E-state index contributed by atoms with van der Waals surface area (Å²) in [5, 5.41) is 3.72. The highest BCUT2D eigenvalue weighted by atomic mass is 32.2. The first-order valence-corrected chi connectivity index (χ1v) is 10.7. The van der Waals surface area contributed by atoms with Gasteiger partial charge in [-0.15, -0.1) is 11.8 Å². The standard InChI is InChI=1S/C21H25N3O3S/c25-20(18-9-5-15-27-18)23-11-13-24(14-12-23)21(26)22-17-8-3-4-10-19(17)28-16-6-1-2-7-16/h3-5,8-10,15-16H,1-2,6-7,11-14H2,(H,22,26). The number of benzene rings is 1. The maximum absolute atomic E-state index is 12.7. The Morgan fingerprint density at radius 2 is 1.68 bits per heavy atom. The van der Waals surface area contributed by atoms with Crippen LogP contribution < -0.4 is 5.32 Å². The molecule has 1 aromatic heterocycles. The summed E-state index contributed by atoms with van der Waals surface area (Å²) in [5.41, 5.74) is 0.874. The molecule has 1 saturated carbocycles. The molecule has 6 nitrogen and oxygen atoms in total. The van der Waals surface area contributed by atoms with Crippen molar-refractivity contribution < 1.29 is 14.0 Å². The third-order valence-corrected chi connectivity index (χ3v) is 6.73. The van der Waals surface area contributed by atoms with E-state index in [0.29, 0.717) is 37.2 Å². The topological polar surface area (TPSA) is 65.8 Å². The minimum absolute atomic E-state index is 0.107. The molecule has 1 aliphatic carbocycles. The molecule has 148 valence electrons. The van der Waals surface area contributed by atoms with E-state index in [2.05, 4.69) is 11.4 Å². The van der Waals surface area contributed by atoms with Crippen molar-refractivity contribution in [2.24, 2.45) is 0 Å². The Labute approximate surface area is 169 Å². The van der Waals surface area contributed by atoms with E-state index in [9.17, 15) is 9.59 Å². The van der Waals surface area contributed by atoms with Crippen LogP contribution in [0.2, 0.25) is 0 Å². The van der Waals surface area contributed by atoms with Crippen molar-refractivity contribution in [3.05, 3.63) is 48.4 Å². The first-order chi connectivity index (χ1) is 13.7. The number of carbonyl (C=O) groups excluding carboxylic acids is 2. The van der Waals surface area contributed by atoms with E-state index < -0.39 is 0 Å². The van der Waals surface area contributed by atoms with Crippen molar-refractivity contribution in [1.82, 2.24) is 9.80 Å². The van der Waals surface area contributed by atoms with Crippen LogP contribution in [0.15, 0.2) is 52.0 Å². The van der Waals surface area contributed by atoms with Gasteiger partial charge in [-0.1, -0.05) is 25.0 Å². The monoisotopic (exact) mass is 399 g/mol. The molecule has 0 radical (unpaired) electrons. The molecule has 0 unspecified atom stereocenters. The molecular formula is C21H25N3O3S. The van der Waals surface area contributed by atoms with Crippen molar-refractivity contribution in [3.8, 4) is 0 Å². The summed E-state index contributed by atoms with van der Waals surface area (Å²) in [4.78, 5) is 29.7. The number of urea groups is 1. The van der Waals surface area contributed by atoms with Crippen molar-refractivity contribution in [3.63, 3.8) is 0 Å². The van der Waals surface area contributed by atoms with Gasteiger partial charge in [-0.3, -0.25) is 4.79 Å². The van der Waals surface area contributed by atoms with Crippen molar-refractivity contribution in [2.45, 2.75) is 35.8 Å². The van der Waals surface area contributed by atoms with E-state index in [1.807, 2.05) is 30.0 Å². The second-order valence-corrected chi connectivity index (χ2v) is 8.55. The normalized spacial score (nSPS) is 17.7. The minimum atomic E-state index is -0.122. The van der Waals surface area contributed by atoms with E-state index in [1.165, 1.54) is 31.9 Å². The van der Waals surface area contributed by atoms with Gasteiger partial charge in [-0.05, 0) is 37.1 Å². The van der Waals surface area contributed by atoms with Gasteiger partial charge in [0.1, 0.15) is 0 Å². The zero-order valence-corrected chi connectivity index (χ0v) is 16.6. The first kappa shape index (κ1) is 18.9. The lowest BCUT2D eigenvalue weighted by Gasteiger charge is -2.34. The molecule has 2 fully saturated rings. The van der Waals surface area contributed by atoms with Gasteiger partial charge in [0.05, 0.1) is 12.0 Å². The second-order valence-electron chi connectivity index (χ2n) is 7.21. The van der Waals surface area contributed by atoms with Crippen LogP contribution in [0.1, 0.15) is 36.2 Å². The van der Waals surface area contributed by atoms with Crippen molar-refractivity contribution >= 4 is 29.4 Å². The van der Waals surface area contributed by atoms with E-state index in [-0.39, 0.29) is 11.9 Å².